The molecule has 1 aromatic carbocycles. The first-order chi connectivity index (χ1) is 5.30. The highest BCUT2D eigenvalue weighted by atomic mass is 14.0. The second-order valence-electron chi connectivity index (χ2n) is 2.57. The fraction of sp³-hybridized carbons (Fsp3) is 0.273. The monoisotopic (exact) mass is 148 g/mol. The summed E-state index contributed by atoms with van der Waals surface area (Å²) in [6.45, 7) is 10.4. The molecule has 0 aromatic heterocycles. The van der Waals surface area contributed by atoms with E-state index in [1.54, 1.807) is 0 Å². The molecule has 0 atom stereocenters. The van der Waals surface area contributed by atoms with Crippen LogP contribution in [0.3, 0.4) is 0 Å². The first-order valence-electron chi connectivity index (χ1n) is 3.85. The number of hydrogen-bond donors (Lipinski definition) is 0. The van der Waals surface area contributed by atoms with Crippen LogP contribution in [0.5, 0.6) is 0 Å². The minimum Gasteiger partial charge on any atom is -0.106 e. The van der Waals surface area contributed by atoms with Gasteiger partial charge in [-0.25, -0.2) is 0 Å². The quantitative estimate of drug-likeness (QED) is 0.534. The third-order valence-corrected chi connectivity index (χ3v) is 1.47. The maximum atomic E-state index is 3.00. The lowest BCUT2D eigenvalue weighted by Crippen LogP contribution is -1.83. The van der Waals surface area contributed by atoms with Crippen molar-refractivity contribution in [3.8, 4) is 0 Å². The molecule has 0 N–H and O–H groups in total. The molecule has 11 heavy (non-hydrogen) atoms. The van der Waals surface area contributed by atoms with Gasteiger partial charge in [0.1, 0.15) is 0 Å². The standard InChI is InChI=1S/C9H12.C2H4/c1-8(2)9-6-4-3-5-7-9;1-2/h3-8H,1-2H3;1-2H2. The summed E-state index contributed by atoms with van der Waals surface area (Å²) < 4.78 is 0. The van der Waals surface area contributed by atoms with Crippen molar-refractivity contribution < 1.29 is 0 Å². The Morgan fingerprint density at radius 1 is 1.00 bits per heavy atom. The molecule has 0 aliphatic rings. The van der Waals surface area contributed by atoms with Gasteiger partial charge in [-0.1, -0.05) is 44.2 Å². The molecule has 0 saturated carbocycles. The highest BCUT2D eigenvalue weighted by Crippen LogP contribution is 2.11. The Morgan fingerprint density at radius 2 is 1.45 bits per heavy atom. The molecule has 0 fully saturated rings. The van der Waals surface area contributed by atoms with Crippen molar-refractivity contribution in [3.63, 3.8) is 0 Å². The lowest BCUT2D eigenvalue weighted by Gasteiger charge is -2.01. The smallest absolute Gasteiger partial charge is 0.0219 e. The van der Waals surface area contributed by atoms with Crippen molar-refractivity contribution >= 4 is 0 Å². The van der Waals surface area contributed by atoms with Gasteiger partial charge in [0.15, 0.2) is 0 Å². The molecule has 0 heteroatoms. The van der Waals surface area contributed by atoms with Crippen molar-refractivity contribution in [1.82, 2.24) is 0 Å². The zero-order valence-corrected chi connectivity index (χ0v) is 7.38. The number of benzene rings is 1. The van der Waals surface area contributed by atoms with Crippen LogP contribution in [-0.2, 0) is 0 Å². The zero-order chi connectivity index (χ0) is 8.69. The van der Waals surface area contributed by atoms with Gasteiger partial charge in [0, 0.05) is 0 Å². The fourth-order valence-electron chi connectivity index (χ4n) is 0.838. The van der Waals surface area contributed by atoms with Crippen LogP contribution >= 0.6 is 0 Å². The first-order valence-corrected chi connectivity index (χ1v) is 3.85. The summed E-state index contributed by atoms with van der Waals surface area (Å²) in [5.74, 6) is 0.659. The van der Waals surface area contributed by atoms with E-state index in [0.717, 1.165) is 0 Å². The lowest BCUT2D eigenvalue weighted by atomic mass is 10.0. The second-order valence-corrected chi connectivity index (χ2v) is 2.57. The molecule has 0 heterocycles. The minimum absolute atomic E-state index is 0.659. The van der Waals surface area contributed by atoms with E-state index >= 15 is 0 Å². The maximum Gasteiger partial charge on any atom is -0.0219 e. The van der Waals surface area contributed by atoms with Crippen molar-refractivity contribution in [2.45, 2.75) is 19.8 Å². The summed E-state index contributed by atoms with van der Waals surface area (Å²) >= 11 is 0. The molecule has 60 valence electrons. The Kier molecular flexibility index (Phi) is 5.18. The van der Waals surface area contributed by atoms with Crippen LogP contribution in [0.15, 0.2) is 43.5 Å². The minimum atomic E-state index is 0.659. The van der Waals surface area contributed by atoms with Crippen molar-refractivity contribution in [3.05, 3.63) is 49.1 Å². The Balaban J connectivity index is 0.000000461. The van der Waals surface area contributed by atoms with Gasteiger partial charge in [0.05, 0.1) is 0 Å². The molecule has 0 bridgehead atoms. The molecule has 1 aromatic rings. The highest BCUT2D eigenvalue weighted by molar-refractivity contribution is 5.17. The summed E-state index contributed by atoms with van der Waals surface area (Å²) in [5, 5.41) is 0. The van der Waals surface area contributed by atoms with E-state index in [0.29, 0.717) is 5.92 Å². The van der Waals surface area contributed by atoms with Crippen LogP contribution in [0.4, 0.5) is 0 Å². The molecular formula is C11H16. The SMILES string of the molecule is C=C.CC(C)c1ccccc1. The molecule has 0 aliphatic heterocycles. The summed E-state index contributed by atoms with van der Waals surface area (Å²) in [6, 6.07) is 10.5. The topological polar surface area (TPSA) is 0 Å². The molecule has 0 nitrogen and oxygen atoms in total. The zero-order valence-electron chi connectivity index (χ0n) is 7.38. The predicted octanol–water partition coefficient (Wildman–Crippen LogP) is 3.61. The van der Waals surface area contributed by atoms with Crippen LogP contribution in [0, 0.1) is 0 Å². The van der Waals surface area contributed by atoms with E-state index < -0.39 is 0 Å². The van der Waals surface area contributed by atoms with Crippen LogP contribution < -0.4 is 0 Å². The Bertz CT molecular complexity index is 174. The van der Waals surface area contributed by atoms with Crippen LogP contribution in [0.1, 0.15) is 25.3 Å². The molecule has 0 radical (unpaired) electrons. The van der Waals surface area contributed by atoms with E-state index in [9.17, 15) is 0 Å². The Hall–Kier alpha value is -1.04. The fourth-order valence-corrected chi connectivity index (χ4v) is 0.838. The summed E-state index contributed by atoms with van der Waals surface area (Å²) in [7, 11) is 0. The molecule has 0 spiro atoms. The summed E-state index contributed by atoms with van der Waals surface area (Å²) in [5.41, 5.74) is 1.41. The van der Waals surface area contributed by atoms with Crippen molar-refractivity contribution in [1.29, 1.82) is 0 Å². The van der Waals surface area contributed by atoms with E-state index in [1.165, 1.54) is 5.56 Å². The third-order valence-electron chi connectivity index (χ3n) is 1.47. The van der Waals surface area contributed by atoms with Gasteiger partial charge in [-0.05, 0) is 11.5 Å². The molecule has 0 saturated heterocycles. The largest absolute Gasteiger partial charge is 0.106 e. The van der Waals surface area contributed by atoms with Gasteiger partial charge in [-0.3, -0.25) is 0 Å². The summed E-state index contributed by atoms with van der Waals surface area (Å²) in [6.07, 6.45) is 0. The van der Waals surface area contributed by atoms with Gasteiger partial charge in [0.25, 0.3) is 0 Å². The average molecular weight is 148 g/mol. The first kappa shape index (κ1) is 9.96. The van der Waals surface area contributed by atoms with Crippen LogP contribution in [0.2, 0.25) is 0 Å². The van der Waals surface area contributed by atoms with E-state index in [4.69, 9.17) is 0 Å². The van der Waals surface area contributed by atoms with Gasteiger partial charge >= 0.3 is 0 Å². The van der Waals surface area contributed by atoms with E-state index in [2.05, 4.69) is 51.3 Å². The number of hydrogen-bond acceptors (Lipinski definition) is 0. The molecule has 0 amide bonds. The van der Waals surface area contributed by atoms with Crippen molar-refractivity contribution in [2.75, 3.05) is 0 Å². The van der Waals surface area contributed by atoms with Crippen LogP contribution in [0.25, 0.3) is 0 Å². The van der Waals surface area contributed by atoms with E-state index in [-0.39, 0.29) is 0 Å². The van der Waals surface area contributed by atoms with Gasteiger partial charge in [-0.15, -0.1) is 13.2 Å². The lowest BCUT2D eigenvalue weighted by molar-refractivity contribution is 0.867. The molecular weight excluding hydrogens is 132 g/mol. The van der Waals surface area contributed by atoms with Gasteiger partial charge in [-0.2, -0.15) is 0 Å². The Morgan fingerprint density at radius 3 is 1.73 bits per heavy atom. The van der Waals surface area contributed by atoms with Gasteiger partial charge < -0.3 is 0 Å². The van der Waals surface area contributed by atoms with Gasteiger partial charge in [0.2, 0.25) is 0 Å². The average Bonchev–Trinajstić information content (AvgIpc) is 2.10. The predicted molar refractivity (Wildman–Crippen MR) is 51.8 cm³/mol. The molecule has 0 unspecified atom stereocenters. The second kappa shape index (κ2) is 5.72. The number of rotatable bonds is 1. The molecule has 1 rings (SSSR count). The third kappa shape index (κ3) is 3.61. The Labute approximate surface area is 69.6 Å². The normalized spacial score (nSPS) is 8.64. The molecule has 0 aliphatic carbocycles. The van der Waals surface area contributed by atoms with Crippen molar-refractivity contribution in [2.24, 2.45) is 0 Å². The van der Waals surface area contributed by atoms with E-state index in [1.807, 2.05) is 6.07 Å². The maximum absolute atomic E-state index is 3.00. The summed E-state index contributed by atoms with van der Waals surface area (Å²) in [4.78, 5) is 0. The highest BCUT2D eigenvalue weighted by Gasteiger charge is 1.93. The van der Waals surface area contributed by atoms with Crippen LogP contribution in [-0.4, -0.2) is 0 Å².